The predicted molar refractivity (Wildman–Crippen MR) is 89.6 cm³/mol. The first-order valence-electron chi connectivity index (χ1n) is 7.40. The van der Waals surface area contributed by atoms with Crippen LogP contribution >= 0.6 is 11.6 Å². The van der Waals surface area contributed by atoms with Crippen molar-refractivity contribution in [3.05, 3.63) is 53.1 Å². The number of carbonyl (C=O) groups is 1. The minimum absolute atomic E-state index is 0.259. The smallest absolute Gasteiger partial charge is 0.319 e. The number of amides is 2. The second-order valence-electron chi connectivity index (χ2n) is 5.12. The lowest BCUT2D eigenvalue weighted by Gasteiger charge is -2.18. The number of hydrogen-bond acceptors (Lipinski definition) is 3. The zero-order valence-corrected chi connectivity index (χ0v) is 13.2. The Labute approximate surface area is 139 Å². The average Bonchev–Trinajstić information content (AvgIpc) is 2.55. The Kier molecular flexibility index (Phi) is 4.88. The minimum Gasteiger partial charge on any atom is -0.486 e. The fraction of sp³-hybridized carbons (Fsp3) is 0.235. The highest BCUT2D eigenvalue weighted by Crippen LogP contribution is 2.30. The van der Waals surface area contributed by atoms with Crippen LogP contribution in [0.25, 0.3) is 0 Å². The van der Waals surface area contributed by atoms with Crippen LogP contribution in [0.5, 0.6) is 11.5 Å². The van der Waals surface area contributed by atoms with Gasteiger partial charge < -0.3 is 20.1 Å². The molecule has 6 heteroatoms. The monoisotopic (exact) mass is 332 g/mol. The maximum Gasteiger partial charge on any atom is 0.319 e. The zero-order valence-electron chi connectivity index (χ0n) is 12.5. The summed E-state index contributed by atoms with van der Waals surface area (Å²) < 4.78 is 11.0. The van der Waals surface area contributed by atoms with Gasteiger partial charge in [0.05, 0.1) is 0 Å². The molecule has 0 unspecified atom stereocenters. The number of anilines is 1. The second kappa shape index (κ2) is 7.24. The van der Waals surface area contributed by atoms with Crippen LogP contribution in [0, 0.1) is 0 Å². The zero-order chi connectivity index (χ0) is 16.1. The van der Waals surface area contributed by atoms with Crippen molar-refractivity contribution in [2.75, 3.05) is 25.1 Å². The van der Waals surface area contributed by atoms with Crippen molar-refractivity contribution in [1.82, 2.24) is 5.32 Å². The summed E-state index contributed by atoms with van der Waals surface area (Å²) in [6.45, 7) is 1.67. The Hall–Kier alpha value is -2.40. The van der Waals surface area contributed by atoms with Crippen LogP contribution in [0.2, 0.25) is 5.02 Å². The number of rotatable bonds is 4. The predicted octanol–water partition coefficient (Wildman–Crippen LogP) is 3.48. The molecule has 0 radical (unpaired) electrons. The molecule has 0 spiro atoms. The molecule has 0 saturated heterocycles. The van der Waals surface area contributed by atoms with Crippen molar-refractivity contribution in [1.29, 1.82) is 0 Å². The molecule has 0 aliphatic carbocycles. The summed E-state index contributed by atoms with van der Waals surface area (Å²) >= 11 is 5.88. The molecule has 0 bridgehead atoms. The fourth-order valence-corrected chi connectivity index (χ4v) is 2.50. The lowest BCUT2D eigenvalue weighted by atomic mass is 10.1. The molecule has 1 aliphatic heterocycles. The number of hydrogen-bond donors (Lipinski definition) is 2. The summed E-state index contributed by atoms with van der Waals surface area (Å²) in [6.07, 6.45) is 0.708. The SMILES string of the molecule is O=C(NCCc1ccc2c(c1)OCCO2)Nc1cccc(Cl)c1. The molecule has 2 aromatic carbocycles. The summed E-state index contributed by atoms with van der Waals surface area (Å²) in [5.74, 6) is 1.53. The first-order chi connectivity index (χ1) is 11.2. The number of urea groups is 1. The van der Waals surface area contributed by atoms with E-state index < -0.39 is 0 Å². The Morgan fingerprint density at radius 2 is 1.91 bits per heavy atom. The number of halogens is 1. The van der Waals surface area contributed by atoms with Gasteiger partial charge in [-0.05, 0) is 42.3 Å². The molecule has 0 aromatic heterocycles. The summed E-state index contributed by atoms with van der Waals surface area (Å²) in [5, 5.41) is 6.14. The molecule has 0 saturated carbocycles. The molecule has 2 amide bonds. The van der Waals surface area contributed by atoms with E-state index in [9.17, 15) is 4.79 Å². The Morgan fingerprint density at radius 1 is 1.09 bits per heavy atom. The first kappa shape index (κ1) is 15.5. The number of benzene rings is 2. The van der Waals surface area contributed by atoms with Gasteiger partial charge in [-0.25, -0.2) is 4.79 Å². The number of fused-ring (bicyclic) bond motifs is 1. The largest absolute Gasteiger partial charge is 0.486 e. The molecule has 3 rings (SSSR count). The summed E-state index contributed by atoms with van der Waals surface area (Å²) in [4.78, 5) is 11.8. The Bertz CT molecular complexity index is 706. The number of nitrogens with one attached hydrogen (secondary N) is 2. The molecule has 1 aliphatic rings. The molecule has 0 atom stereocenters. The normalized spacial score (nSPS) is 12.6. The Balaban J connectivity index is 1.48. The average molecular weight is 333 g/mol. The minimum atomic E-state index is -0.259. The van der Waals surface area contributed by atoms with Crippen molar-refractivity contribution in [2.45, 2.75) is 6.42 Å². The lowest BCUT2D eigenvalue weighted by molar-refractivity contribution is 0.171. The van der Waals surface area contributed by atoms with Crippen molar-refractivity contribution in [3.8, 4) is 11.5 Å². The van der Waals surface area contributed by atoms with E-state index in [1.54, 1.807) is 24.3 Å². The van der Waals surface area contributed by atoms with E-state index in [1.165, 1.54) is 0 Å². The van der Waals surface area contributed by atoms with Crippen molar-refractivity contribution < 1.29 is 14.3 Å². The standard InChI is InChI=1S/C17H17ClN2O3/c18-13-2-1-3-14(11-13)20-17(21)19-7-6-12-4-5-15-16(10-12)23-9-8-22-15/h1-5,10-11H,6-9H2,(H2,19,20,21). The highest BCUT2D eigenvalue weighted by molar-refractivity contribution is 6.30. The van der Waals surface area contributed by atoms with Crippen LogP contribution < -0.4 is 20.1 Å². The third kappa shape index (κ3) is 4.29. The number of ether oxygens (including phenoxy) is 2. The van der Waals surface area contributed by atoms with Crippen LogP contribution in [0.4, 0.5) is 10.5 Å². The van der Waals surface area contributed by atoms with Crippen LogP contribution in [0.1, 0.15) is 5.56 Å². The topological polar surface area (TPSA) is 59.6 Å². The van der Waals surface area contributed by atoms with E-state index in [0.717, 1.165) is 17.1 Å². The van der Waals surface area contributed by atoms with Gasteiger partial charge in [0, 0.05) is 17.3 Å². The van der Waals surface area contributed by atoms with Crippen molar-refractivity contribution in [2.24, 2.45) is 0 Å². The highest BCUT2D eigenvalue weighted by Gasteiger charge is 2.11. The molecule has 23 heavy (non-hydrogen) atoms. The second-order valence-corrected chi connectivity index (χ2v) is 5.56. The van der Waals surface area contributed by atoms with Gasteiger partial charge in [0.15, 0.2) is 11.5 Å². The van der Waals surface area contributed by atoms with Gasteiger partial charge in [-0.3, -0.25) is 0 Å². The van der Waals surface area contributed by atoms with E-state index >= 15 is 0 Å². The van der Waals surface area contributed by atoms with Gasteiger partial charge in [-0.2, -0.15) is 0 Å². The van der Waals surface area contributed by atoms with Crippen molar-refractivity contribution >= 4 is 23.3 Å². The van der Waals surface area contributed by atoms with Gasteiger partial charge in [0.1, 0.15) is 13.2 Å². The molecule has 1 heterocycles. The maximum atomic E-state index is 11.8. The van der Waals surface area contributed by atoms with E-state index in [2.05, 4.69) is 10.6 Å². The van der Waals surface area contributed by atoms with Gasteiger partial charge in [-0.1, -0.05) is 23.7 Å². The lowest BCUT2D eigenvalue weighted by Crippen LogP contribution is -2.30. The third-order valence-corrected chi connectivity index (χ3v) is 3.62. The maximum absolute atomic E-state index is 11.8. The molecular formula is C17H17ClN2O3. The highest BCUT2D eigenvalue weighted by atomic mass is 35.5. The van der Waals surface area contributed by atoms with Gasteiger partial charge in [0.25, 0.3) is 0 Å². The van der Waals surface area contributed by atoms with Gasteiger partial charge in [0.2, 0.25) is 0 Å². The molecular weight excluding hydrogens is 316 g/mol. The van der Waals surface area contributed by atoms with E-state index in [4.69, 9.17) is 21.1 Å². The van der Waals surface area contributed by atoms with Crippen LogP contribution in [0.3, 0.4) is 0 Å². The fourth-order valence-electron chi connectivity index (χ4n) is 2.31. The van der Waals surface area contributed by atoms with Crippen LogP contribution in [0.15, 0.2) is 42.5 Å². The summed E-state index contributed by atoms with van der Waals surface area (Å²) in [5.41, 5.74) is 1.74. The molecule has 2 N–H and O–H groups in total. The first-order valence-corrected chi connectivity index (χ1v) is 7.77. The Morgan fingerprint density at radius 3 is 2.74 bits per heavy atom. The molecule has 2 aromatic rings. The van der Waals surface area contributed by atoms with Crippen LogP contribution in [-0.4, -0.2) is 25.8 Å². The summed E-state index contributed by atoms with van der Waals surface area (Å²) in [7, 11) is 0. The number of carbonyl (C=O) groups excluding carboxylic acids is 1. The third-order valence-electron chi connectivity index (χ3n) is 3.39. The summed E-state index contributed by atoms with van der Waals surface area (Å²) in [6, 6.07) is 12.6. The quantitative estimate of drug-likeness (QED) is 0.901. The van der Waals surface area contributed by atoms with E-state index in [1.807, 2.05) is 18.2 Å². The molecule has 5 nitrogen and oxygen atoms in total. The van der Waals surface area contributed by atoms with Gasteiger partial charge >= 0.3 is 6.03 Å². The van der Waals surface area contributed by atoms with E-state index in [-0.39, 0.29) is 6.03 Å². The van der Waals surface area contributed by atoms with Gasteiger partial charge in [-0.15, -0.1) is 0 Å². The van der Waals surface area contributed by atoms with Crippen molar-refractivity contribution in [3.63, 3.8) is 0 Å². The van der Waals surface area contributed by atoms with E-state index in [0.29, 0.717) is 36.9 Å². The molecule has 0 fully saturated rings. The molecule has 120 valence electrons. The van der Waals surface area contributed by atoms with Crippen LogP contribution in [-0.2, 0) is 6.42 Å².